The standard InChI is InChI=1S/C12H24N2O2/c1-4-13-11(12(15)16-5-2)9-14(3)8-10-6-7-10/h10-11,13H,4-9H2,1-3H3. The average molecular weight is 228 g/mol. The van der Waals surface area contributed by atoms with Gasteiger partial charge in [-0.3, -0.25) is 4.79 Å². The molecule has 1 unspecified atom stereocenters. The molecule has 0 heterocycles. The van der Waals surface area contributed by atoms with E-state index in [1.807, 2.05) is 13.8 Å². The summed E-state index contributed by atoms with van der Waals surface area (Å²) in [6, 6.07) is -0.186. The van der Waals surface area contributed by atoms with Gasteiger partial charge >= 0.3 is 5.97 Å². The number of nitrogens with zero attached hydrogens (tertiary/aromatic N) is 1. The number of carbonyl (C=O) groups excluding carboxylic acids is 1. The summed E-state index contributed by atoms with van der Waals surface area (Å²) in [5, 5.41) is 3.18. The van der Waals surface area contributed by atoms with Crippen LogP contribution in [0.3, 0.4) is 0 Å². The maximum Gasteiger partial charge on any atom is 0.324 e. The van der Waals surface area contributed by atoms with Crippen LogP contribution in [0.5, 0.6) is 0 Å². The minimum Gasteiger partial charge on any atom is -0.465 e. The summed E-state index contributed by atoms with van der Waals surface area (Å²) in [5.74, 6) is 0.724. The lowest BCUT2D eigenvalue weighted by Crippen LogP contribution is -2.46. The normalized spacial score (nSPS) is 17.5. The summed E-state index contributed by atoms with van der Waals surface area (Å²) in [7, 11) is 2.07. The Hall–Kier alpha value is -0.610. The van der Waals surface area contributed by atoms with Crippen molar-refractivity contribution in [3.05, 3.63) is 0 Å². The molecule has 0 aliphatic heterocycles. The molecule has 16 heavy (non-hydrogen) atoms. The maximum absolute atomic E-state index is 11.7. The van der Waals surface area contributed by atoms with Crippen molar-refractivity contribution >= 4 is 5.97 Å². The Balaban J connectivity index is 2.32. The largest absolute Gasteiger partial charge is 0.465 e. The van der Waals surface area contributed by atoms with Crippen molar-refractivity contribution in [2.75, 3.05) is 33.3 Å². The van der Waals surface area contributed by atoms with Crippen LogP contribution >= 0.6 is 0 Å². The fourth-order valence-electron chi connectivity index (χ4n) is 1.84. The maximum atomic E-state index is 11.7. The summed E-state index contributed by atoms with van der Waals surface area (Å²) in [6.07, 6.45) is 2.69. The molecule has 4 nitrogen and oxygen atoms in total. The zero-order valence-electron chi connectivity index (χ0n) is 10.7. The van der Waals surface area contributed by atoms with Gasteiger partial charge in [-0.15, -0.1) is 0 Å². The molecule has 1 atom stereocenters. The summed E-state index contributed by atoms with van der Waals surface area (Å²) in [4.78, 5) is 13.9. The number of ether oxygens (including phenoxy) is 1. The summed E-state index contributed by atoms with van der Waals surface area (Å²) < 4.78 is 5.05. The molecule has 1 rings (SSSR count). The van der Waals surface area contributed by atoms with Gasteiger partial charge in [-0.2, -0.15) is 0 Å². The van der Waals surface area contributed by atoms with Crippen molar-refractivity contribution in [1.29, 1.82) is 0 Å². The Bertz CT molecular complexity index is 217. The first-order valence-corrected chi connectivity index (χ1v) is 6.25. The minimum absolute atomic E-state index is 0.132. The van der Waals surface area contributed by atoms with E-state index in [0.717, 1.165) is 25.6 Å². The predicted molar refractivity (Wildman–Crippen MR) is 64.3 cm³/mol. The molecule has 0 radical (unpaired) electrons. The van der Waals surface area contributed by atoms with Crippen LogP contribution in [0.4, 0.5) is 0 Å². The van der Waals surface area contributed by atoms with Gasteiger partial charge in [0.2, 0.25) is 0 Å². The molecule has 0 aromatic heterocycles. The van der Waals surface area contributed by atoms with E-state index in [1.165, 1.54) is 12.8 Å². The van der Waals surface area contributed by atoms with E-state index in [1.54, 1.807) is 0 Å². The first-order chi connectivity index (χ1) is 7.67. The van der Waals surface area contributed by atoms with Gasteiger partial charge in [0.25, 0.3) is 0 Å². The Labute approximate surface area is 98.3 Å². The van der Waals surface area contributed by atoms with E-state index in [4.69, 9.17) is 4.74 Å². The molecule has 0 amide bonds. The highest BCUT2D eigenvalue weighted by Crippen LogP contribution is 2.29. The molecule has 0 bridgehead atoms. The smallest absolute Gasteiger partial charge is 0.324 e. The zero-order valence-corrected chi connectivity index (χ0v) is 10.7. The van der Waals surface area contributed by atoms with Crippen LogP contribution in [0.15, 0.2) is 0 Å². The molecular weight excluding hydrogens is 204 g/mol. The number of esters is 1. The van der Waals surface area contributed by atoms with Crippen molar-refractivity contribution in [3.8, 4) is 0 Å². The molecule has 0 saturated heterocycles. The van der Waals surface area contributed by atoms with Crippen molar-refractivity contribution in [1.82, 2.24) is 10.2 Å². The number of hydrogen-bond acceptors (Lipinski definition) is 4. The first kappa shape index (κ1) is 13.5. The van der Waals surface area contributed by atoms with E-state index in [9.17, 15) is 4.79 Å². The van der Waals surface area contributed by atoms with Crippen LogP contribution in [0.1, 0.15) is 26.7 Å². The van der Waals surface area contributed by atoms with Crippen LogP contribution in [-0.4, -0.2) is 50.2 Å². The number of nitrogens with one attached hydrogen (secondary N) is 1. The fraction of sp³-hybridized carbons (Fsp3) is 0.917. The van der Waals surface area contributed by atoms with Gasteiger partial charge in [0.1, 0.15) is 6.04 Å². The molecule has 1 fully saturated rings. The summed E-state index contributed by atoms with van der Waals surface area (Å²) >= 11 is 0. The van der Waals surface area contributed by atoms with E-state index in [0.29, 0.717) is 6.61 Å². The first-order valence-electron chi connectivity index (χ1n) is 6.25. The third-order valence-corrected chi connectivity index (χ3v) is 2.78. The Morgan fingerprint density at radius 1 is 1.50 bits per heavy atom. The fourth-order valence-corrected chi connectivity index (χ4v) is 1.84. The number of hydrogen-bond donors (Lipinski definition) is 1. The van der Waals surface area contributed by atoms with Crippen LogP contribution in [0.25, 0.3) is 0 Å². The van der Waals surface area contributed by atoms with Gasteiger partial charge < -0.3 is 15.0 Å². The van der Waals surface area contributed by atoms with Crippen LogP contribution in [0.2, 0.25) is 0 Å². The van der Waals surface area contributed by atoms with Crippen LogP contribution in [-0.2, 0) is 9.53 Å². The monoisotopic (exact) mass is 228 g/mol. The molecule has 1 aliphatic carbocycles. The molecule has 94 valence electrons. The SMILES string of the molecule is CCNC(CN(C)CC1CC1)C(=O)OCC. The van der Waals surface area contributed by atoms with E-state index in [2.05, 4.69) is 17.3 Å². The van der Waals surface area contributed by atoms with Gasteiger partial charge in [-0.25, -0.2) is 0 Å². The molecule has 4 heteroatoms. The Morgan fingerprint density at radius 3 is 2.69 bits per heavy atom. The minimum atomic E-state index is -0.186. The van der Waals surface area contributed by atoms with Crippen LogP contribution in [0, 0.1) is 5.92 Å². The average Bonchev–Trinajstić information content (AvgIpc) is 3.01. The molecule has 0 aromatic rings. The molecule has 1 aliphatic rings. The Morgan fingerprint density at radius 2 is 2.19 bits per heavy atom. The quantitative estimate of drug-likeness (QED) is 0.626. The highest BCUT2D eigenvalue weighted by molar-refractivity contribution is 5.76. The zero-order chi connectivity index (χ0) is 12.0. The van der Waals surface area contributed by atoms with Gasteiger partial charge in [-0.05, 0) is 39.3 Å². The number of rotatable bonds is 8. The summed E-state index contributed by atoms with van der Waals surface area (Å²) in [6.45, 7) is 6.93. The van der Waals surface area contributed by atoms with Crippen molar-refractivity contribution in [3.63, 3.8) is 0 Å². The van der Waals surface area contributed by atoms with E-state index in [-0.39, 0.29) is 12.0 Å². The molecular formula is C12H24N2O2. The lowest BCUT2D eigenvalue weighted by Gasteiger charge is -2.23. The van der Waals surface area contributed by atoms with Crippen LogP contribution < -0.4 is 5.32 Å². The highest BCUT2D eigenvalue weighted by atomic mass is 16.5. The van der Waals surface area contributed by atoms with Crippen molar-refractivity contribution in [2.24, 2.45) is 5.92 Å². The number of carbonyl (C=O) groups is 1. The molecule has 1 N–H and O–H groups in total. The molecule has 0 spiro atoms. The topological polar surface area (TPSA) is 41.6 Å². The second-order valence-electron chi connectivity index (χ2n) is 4.53. The highest BCUT2D eigenvalue weighted by Gasteiger charge is 2.26. The van der Waals surface area contributed by atoms with Crippen molar-refractivity contribution < 1.29 is 9.53 Å². The predicted octanol–water partition coefficient (Wildman–Crippen LogP) is 0.869. The van der Waals surface area contributed by atoms with Gasteiger partial charge in [-0.1, -0.05) is 6.92 Å². The lowest BCUT2D eigenvalue weighted by molar-refractivity contribution is -0.146. The third-order valence-electron chi connectivity index (χ3n) is 2.78. The van der Waals surface area contributed by atoms with E-state index < -0.39 is 0 Å². The second kappa shape index (κ2) is 6.86. The summed E-state index contributed by atoms with van der Waals surface area (Å²) in [5.41, 5.74) is 0. The van der Waals surface area contributed by atoms with E-state index >= 15 is 0 Å². The lowest BCUT2D eigenvalue weighted by atomic mass is 10.2. The molecule has 0 aromatic carbocycles. The Kier molecular flexibility index (Phi) is 5.77. The van der Waals surface area contributed by atoms with Crippen molar-refractivity contribution in [2.45, 2.75) is 32.7 Å². The van der Waals surface area contributed by atoms with Gasteiger partial charge in [0, 0.05) is 13.1 Å². The number of likely N-dealkylation sites (N-methyl/N-ethyl adjacent to an activating group) is 2. The third kappa shape index (κ3) is 4.94. The van der Waals surface area contributed by atoms with Gasteiger partial charge in [0.05, 0.1) is 6.61 Å². The second-order valence-corrected chi connectivity index (χ2v) is 4.53. The van der Waals surface area contributed by atoms with Gasteiger partial charge in [0.15, 0.2) is 0 Å². The molecule has 1 saturated carbocycles.